The molecule has 0 unspecified atom stereocenters. The molecule has 0 aromatic rings. The zero-order chi connectivity index (χ0) is 16.4. The molecule has 5 atom stereocenters. The molecule has 23 heavy (non-hydrogen) atoms. The molecule has 0 N–H and O–H groups in total. The average molecular weight is 330 g/mol. The van der Waals surface area contributed by atoms with Gasteiger partial charge in [0.25, 0.3) is 0 Å². The van der Waals surface area contributed by atoms with Crippen molar-refractivity contribution >= 4 is 23.3 Å². The van der Waals surface area contributed by atoms with Crippen LogP contribution in [0.15, 0.2) is 22.6 Å². The Bertz CT molecular complexity index is 628. The average Bonchev–Trinajstić information content (AvgIpc) is 2.81. The standard InChI is InChI=1S/C20H26O2S/c1-19-7-6-16-15(17(19)9-14(22)11-19)5-4-12-8-13(21)10-18(23-3)20(12,16)2/h8,10,15-17H,4-7,9,11H2,1-3H3/t15-,16+,17+,19-,20+/m1/s1. The normalized spacial score (nSPS) is 45.8. The van der Waals surface area contributed by atoms with Crippen molar-refractivity contribution in [3.05, 3.63) is 22.6 Å². The number of rotatable bonds is 1. The minimum atomic E-state index is 0.0310. The largest absolute Gasteiger partial charge is 0.300 e. The molecule has 124 valence electrons. The molecule has 4 rings (SSSR count). The molecule has 3 fully saturated rings. The summed E-state index contributed by atoms with van der Waals surface area (Å²) in [5.74, 6) is 2.44. The number of Topliss-reactive ketones (excluding diaryl/α,β-unsaturated/α-hetero) is 1. The van der Waals surface area contributed by atoms with Crippen molar-refractivity contribution < 1.29 is 9.59 Å². The number of hydrogen-bond acceptors (Lipinski definition) is 3. The van der Waals surface area contributed by atoms with Crippen molar-refractivity contribution in [3.63, 3.8) is 0 Å². The van der Waals surface area contributed by atoms with Crippen LogP contribution in [0.25, 0.3) is 0 Å². The van der Waals surface area contributed by atoms with E-state index in [4.69, 9.17) is 0 Å². The van der Waals surface area contributed by atoms with Gasteiger partial charge in [0, 0.05) is 18.3 Å². The van der Waals surface area contributed by atoms with Crippen molar-refractivity contribution in [3.8, 4) is 0 Å². The highest BCUT2D eigenvalue weighted by Crippen LogP contribution is 2.66. The number of fused-ring (bicyclic) bond motifs is 5. The Morgan fingerprint density at radius 1 is 1.13 bits per heavy atom. The molecule has 0 spiro atoms. The number of thioether (sulfide) groups is 1. The molecule has 4 aliphatic rings. The lowest BCUT2D eigenvalue weighted by Gasteiger charge is -2.57. The molecule has 2 nitrogen and oxygen atoms in total. The number of carbonyl (C=O) groups is 2. The van der Waals surface area contributed by atoms with Crippen LogP contribution >= 0.6 is 11.8 Å². The lowest BCUT2D eigenvalue weighted by atomic mass is 9.48. The quantitative estimate of drug-likeness (QED) is 0.707. The summed E-state index contributed by atoms with van der Waals surface area (Å²) in [5.41, 5.74) is 1.62. The van der Waals surface area contributed by atoms with E-state index in [0.29, 0.717) is 23.5 Å². The summed E-state index contributed by atoms with van der Waals surface area (Å²) in [4.78, 5) is 25.5. The fourth-order valence-electron chi connectivity index (χ4n) is 6.33. The van der Waals surface area contributed by atoms with Gasteiger partial charge in [-0.25, -0.2) is 0 Å². The van der Waals surface area contributed by atoms with Gasteiger partial charge < -0.3 is 0 Å². The molecule has 0 aromatic carbocycles. The van der Waals surface area contributed by atoms with Crippen LogP contribution in [-0.4, -0.2) is 17.8 Å². The van der Waals surface area contributed by atoms with Crippen molar-refractivity contribution in [1.82, 2.24) is 0 Å². The summed E-state index contributed by atoms with van der Waals surface area (Å²) < 4.78 is 0. The van der Waals surface area contributed by atoms with Crippen LogP contribution in [0.1, 0.15) is 52.4 Å². The maximum atomic E-state index is 12.1. The molecule has 0 aliphatic heterocycles. The topological polar surface area (TPSA) is 34.1 Å². The highest BCUT2D eigenvalue weighted by molar-refractivity contribution is 8.02. The third-order valence-electron chi connectivity index (χ3n) is 7.48. The highest BCUT2D eigenvalue weighted by Gasteiger charge is 2.58. The Morgan fingerprint density at radius 3 is 2.65 bits per heavy atom. The minimum Gasteiger partial charge on any atom is -0.300 e. The zero-order valence-corrected chi connectivity index (χ0v) is 15.2. The van der Waals surface area contributed by atoms with Crippen LogP contribution in [-0.2, 0) is 9.59 Å². The van der Waals surface area contributed by atoms with E-state index in [2.05, 4.69) is 20.1 Å². The van der Waals surface area contributed by atoms with Gasteiger partial charge in [-0.15, -0.1) is 11.8 Å². The number of hydrogen-bond donors (Lipinski definition) is 0. The monoisotopic (exact) mass is 330 g/mol. The fraction of sp³-hybridized carbons (Fsp3) is 0.700. The summed E-state index contributed by atoms with van der Waals surface area (Å²) in [6.07, 6.45) is 12.0. The van der Waals surface area contributed by atoms with E-state index >= 15 is 0 Å². The second kappa shape index (κ2) is 5.08. The Kier molecular flexibility index (Phi) is 3.46. The van der Waals surface area contributed by atoms with Crippen molar-refractivity contribution in [2.45, 2.75) is 52.4 Å². The van der Waals surface area contributed by atoms with Crippen molar-refractivity contribution in [1.29, 1.82) is 0 Å². The molecule has 0 radical (unpaired) electrons. The maximum Gasteiger partial charge on any atom is 0.179 e. The van der Waals surface area contributed by atoms with Gasteiger partial charge in [-0.2, -0.15) is 0 Å². The summed E-state index contributed by atoms with van der Waals surface area (Å²) in [5, 5.41) is 0. The van der Waals surface area contributed by atoms with Crippen LogP contribution in [0.3, 0.4) is 0 Å². The van der Waals surface area contributed by atoms with Gasteiger partial charge in [0.05, 0.1) is 0 Å². The minimum absolute atomic E-state index is 0.0310. The third kappa shape index (κ3) is 2.08. The smallest absolute Gasteiger partial charge is 0.179 e. The maximum absolute atomic E-state index is 12.1. The summed E-state index contributed by atoms with van der Waals surface area (Å²) >= 11 is 1.75. The first-order chi connectivity index (χ1) is 10.9. The SMILES string of the molecule is CSC1=CC(=O)C=C2CC[C@H]3[C@@H]4CC(=O)C[C@@]4(C)CC[C@@H]3[C@]21C. The summed E-state index contributed by atoms with van der Waals surface area (Å²) in [6, 6.07) is 0. The fourth-order valence-corrected chi connectivity index (χ4v) is 7.27. The van der Waals surface area contributed by atoms with Gasteiger partial charge in [0.1, 0.15) is 5.78 Å². The molecule has 0 saturated heterocycles. The number of carbonyl (C=O) groups excluding carboxylic acids is 2. The predicted octanol–water partition coefficient (Wildman–Crippen LogP) is 4.55. The molecule has 0 heterocycles. The first-order valence-corrected chi connectivity index (χ1v) is 10.1. The van der Waals surface area contributed by atoms with Crippen molar-refractivity contribution in [2.75, 3.05) is 6.26 Å². The van der Waals surface area contributed by atoms with Crippen LogP contribution in [0.2, 0.25) is 0 Å². The van der Waals surface area contributed by atoms with Crippen LogP contribution in [0.5, 0.6) is 0 Å². The molecule has 4 aliphatic carbocycles. The Labute approximate surface area is 143 Å². The summed E-state index contributed by atoms with van der Waals surface area (Å²) in [7, 11) is 0. The summed E-state index contributed by atoms with van der Waals surface area (Å²) in [6.45, 7) is 4.71. The number of allylic oxidation sites excluding steroid dienone is 4. The van der Waals surface area contributed by atoms with E-state index in [-0.39, 0.29) is 16.6 Å². The lowest BCUT2D eigenvalue weighted by Crippen LogP contribution is -2.49. The molecular weight excluding hydrogens is 304 g/mol. The second-order valence-electron chi connectivity index (χ2n) is 8.51. The van der Waals surface area contributed by atoms with E-state index in [9.17, 15) is 9.59 Å². The van der Waals surface area contributed by atoms with Gasteiger partial charge in [0.15, 0.2) is 5.78 Å². The molecular formula is C20H26O2S. The van der Waals surface area contributed by atoms with Gasteiger partial charge >= 0.3 is 0 Å². The number of ketones is 2. The van der Waals surface area contributed by atoms with Gasteiger partial charge in [0.2, 0.25) is 0 Å². The molecule has 0 aromatic heterocycles. The molecule has 3 heteroatoms. The van der Waals surface area contributed by atoms with Crippen LogP contribution in [0, 0.1) is 28.6 Å². The Balaban J connectivity index is 1.75. The third-order valence-corrected chi connectivity index (χ3v) is 8.46. The Hall–Kier alpha value is -0.830. The van der Waals surface area contributed by atoms with Gasteiger partial charge in [-0.05, 0) is 72.2 Å². The van der Waals surface area contributed by atoms with E-state index in [1.807, 2.05) is 12.2 Å². The van der Waals surface area contributed by atoms with E-state index in [1.54, 1.807) is 11.8 Å². The highest BCUT2D eigenvalue weighted by atomic mass is 32.2. The van der Waals surface area contributed by atoms with Crippen LogP contribution in [0.4, 0.5) is 0 Å². The van der Waals surface area contributed by atoms with Gasteiger partial charge in [-0.3, -0.25) is 9.59 Å². The Morgan fingerprint density at radius 2 is 1.91 bits per heavy atom. The van der Waals surface area contributed by atoms with Crippen molar-refractivity contribution in [2.24, 2.45) is 28.6 Å². The first-order valence-electron chi connectivity index (χ1n) is 8.91. The molecule has 0 bridgehead atoms. The van der Waals surface area contributed by atoms with E-state index in [0.717, 1.165) is 25.7 Å². The van der Waals surface area contributed by atoms with E-state index < -0.39 is 0 Å². The first kappa shape index (κ1) is 15.7. The lowest BCUT2D eigenvalue weighted by molar-refractivity contribution is -0.118. The van der Waals surface area contributed by atoms with Crippen LogP contribution < -0.4 is 0 Å². The zero-order valence-electron chi connectivity index (χ0n) is 14.4. The second-order valence-corrected chi connectivity index (χ2v) is 9.36. The van der Waals surface area contributed by atoms with Gasteiger partial charge in [-0.1, -0.05) is 19.4 Å². The molecule has 3 saturated carbocycles. The predicted molar refractivity (Wildman–Crippen MR) is 94.1 cm³/mol. The van der Waals surface area contributed by atoms with E-state index in [1.165, 1.54) is 23.3 Å². The molecule has 0 amide bonds.